The molecule has 2 aromatic carbocycles. The largest absolute Gasteiger partial charge is 0.497 e. The standard InChI is InChI=1S/C24H25N5O3/c1-32-20-10-6-16(7-11-20)21-13-22(27-15-26-21)29-12-2-3-18(14-29)24(31)28-19-8-4-17(5-9-19)23(25)30/h4-11,13,15,18H,2-3,12,14H2,1H3,(H2,25,30)(H,28,31). The number of aromatic nitrogens is 2. The van der Waals surface area contributed by atoms with Crippen molar-refractivity contribution < 1.29 is 14.3 Å². The molecule has 1 saturated heterocycles. The summed E-state index contributed by atoms with van der Waals surface area (Å²) in [6.07, 6.45) is 3.25. The first-order valence-electron chi connectivity index (χ1n) is 10.5. The third kappa shape index (κ3) is 4.85. The second-order valence-corrected chi connectivity index (χ2v) is 7.71. The van der Waals surface area contributed by atoms with Crippen molar-refractivity contribution in [2.24, 2.45) is 11.7 Å². The highest BCUT2D eigenvalue weighted by Gasteiger charge is 2.27. The number of hydrogen-bond donors (Lipinski definition) is 2. The SMILES string of the molecule is COc1ccc(-c2cc(N3CCCC(C(=O)Nc4ccc(C(N)=O)cc4)C3)ncn2)cc1. The van der Waals surface area contributed by atoms with E-state index in [2.05, 4.69) is 20.2 Å². The van der Waals surface area contributed by atoms with Crippen LogP contribution in [0.5, 0.6) is 5.75 Å². The highest BCUT2D eigenvalue weighted by Crippen LogP contribution is 2.27. The molecule has 1 unspecified atom stereocenters. The molecule has 8 nitrogen and oxygen atoms in total. The number of nitrogens with two attached hydrogens (primary N) is 1. The van der Waals surface area contributed by atoms with Crippen LogP contribution >= 0.6 is 0 Å². The Kier molecular flexibility index (Phi) is 6.30. The number of ether oxygens (including phenoxy) is 1. The van der Waals surface area contributed by atoms with E-state index in [1.165, 1.54) is 0 Å². The summed E-state index contributed by atoms with van der Waals surface area (Å²) in [7, 11) is 1.64. The lowest BCUT2D eigenvalue weighted by Gasteiger charge is -2.33. The Morgan fingerprint density at radius 3 is 2.53 bits per heavy atom. The predicted octanol–water partition coefficient (Wildman–Crippen LogP) is 3.11. The molecule has 1 fully saturated rings. The van der Waals surface area contributed by atoms with E-state index in [1.54, 1.807) is 37.7 Å². The van der Waals surface area contributed by atoms with Crippen molar-refractivity contribution >= 4 is 23.3 Å². The first-order chi connectivity index (χ1) is 15.5. The number of piperidine rings is 1. The fraction of sp³-hybridized carbons (Fsp3) is 0.250. The van der Waals surface area contributed by atoms with Gasteiger partial charge in [-0.15, -0.1) is 0 Å². The van der Waals surface area contributed by atoms with E-state index >= 15 is 0 Å². The summed E-state index contributed by atoms with van der Waals surface area (Å²) in [5.41, 5.74) is 8.10. The third-order valence-corrected chi connectivity index (χ3v) is 5.59. The van der Waals surface area contributed by atoms with Crippen LogP contribution in [-0.4, -0.2) is 42.0 Å². The van der Waals surface area contributed by atoms with Gasteiger partial charge in [0.1, 0.15) is 17.9 Å². The number of hydrogen-bond acceptors (Lipinski definition) is 6. The highest BCUT2D eigenvalue weighted by molar-refractivity contribution is 5.95. The van der Waals surface area contributed by atoms with Gasteiger partial charge >= 0.3 is 0 Å². The average molecular weight is 431 g/mol. The fourth-order valence-corrected chi connectivity index (χ4v) is 3.80. The van der Waals surface area contributed by atoms with Gasteiger partial charge in [0, 0.05) is 36.0 Å². The van der Waals surface area contributed by atoms with Crippen molar-refractivity contribution in [2.75, 3.05) is 30.4 Å². The lowest BCUT2D eigenvalue weighted by molar-refractivity contribution is -0.120. The molecule has 0 aliphatic carbocycles. The van der Waals surface area contributed by atoms with Gasteiger partial charge in [0.15, 0.2) is 0 Å². The molecule has 0 saturated carbocycles. The average Bonchev–Trinajstić information content (AvgIpc) is 2.84. The molecule has 2 heterocycles. The van der Waals surface area contributed by atoms with Gasteiger partial charge in [0.2, 0.25) is 11.8 Å². The minimum atomic E-state index is -0.496. The number of nitrogens with one attached hydrogen (secondary N) is 1. The van der Waals surface area contributed by atoms with Gasteiger partial charge in [-0.25, -0.2) is 9.97 Å². The van der Waals surface area contributed by atoms with Gasteiger partial charge in [0.05, 0.1) is 18.7 Å². The minimum absolute atomic E-state index is 0.0500. The Hall–Kier alpha value is -3.94. The molecule has 2 amide bonds. The Morgan fingerprint density at radius 2 is 1.84 bits per heavy atom. The molecule has 0 bridgehead atoms. The molecular formula is C24H25N5O3. The molecular weight excluding hydrogens is 406 g/mol. The molecule has 3 aromatic rings. The molecule has 8 heteroatoms. The van der Waals surface area contributed by atoms with Crippen LogP contribution in [-0.2, 0) is 4.79 Å². The topological polar surface area (TPSA) is 110 Å². The number of primary amides is 1. The number of amides is 2. The molecule has 0 spiro atoms. The van der Waals surface area contributed by atoms with E-state index in [-0.39, 0.29) is 11.8 Å². The summed E-state index contributed by atoms with van der Waals surface area (Å²) in [4.78, 5) is 35.0. The van der Waals surface area contributed by atoms with Gasteiger partial charge in [-0.2, -0.15) is 0 Å². The first kappa shape index (κ1) is 21.3. The van der Waals surface area contributed by atoms with Gasteiger partial charge in [-0.1, -0.05) is 0 Å². The number of rotatable bonds is 6. The predicted molar refractivity (Wildman–Crippen MR) is 123 cm³/mol. The number of nitrogens with zero attached hydrogens (tertiary/aromatic N) is 3. The van der Waals surface area contributed by atoms with E-state index in [1.807, 2.05) is 30.3 Å². The van der Waals surface area contributed by atoms with Crippen LogP contribution in [0.1, 0.15) is 23.2 Å². The Labute approximate surface area is 186 Å². The lowest BCUT2D eigenvalue weighted by atomic mass is 9.97. The van der Waals surface area contributed by atoms with Crippen molar-refractivity contribution in [3.63, 3.8) is 0 Å². The first-order valence-corrected chi connectivity index (χ1v) is 10.5. The number of methoxy groups -OCH3 is 1. The normalized spacial score (nSPS) is 15.8. The summed E-state index contributed by atoms with van der Waals surface area (Å²) in [5.74, 6) is 0.876. The van der Waals surface area contributed by atoms with Crippen LogP contribution in [0.2, 0.25) is 0 Å². The van der Waals surface area contributed by atoms with Gasteiger partial charge in [-0.05, 0) is 61.4 Å². The summed E-state index contributed by atoms with van der Waals surface area (Å²) in [6, 6.07) is 16.2. The maximum atomic E-state index is 12.8. The molecule has 164 valence electrons. The summed E-state index contributed by atoms with van der Waals surface area (Å²) in [6.45, 7) is 1.40. The van der Waals surface area contributed by atoms with Crippen molar-refractivity contribution in [1.29, 1.82) is 0 Å². The van der Waals surface area contributed by atoms with E-state index in [4.69, 9.17) is 10.5 Å². The van der Waals surface area contributed by atoms with E-state index in [0.29, 0.717) is 17.8 Å². The van der Waals surface area contributed by atoms with Crippen molar-refractivity contribution in [3.05, 3.63) is 66.5 Å². The van der Waals surface area contributed by atoms with Crippen LogP contribution in [0.15, 0.2) is 60.9 Å². The molecule has 1 aliphatic rings. The van der Waals surface area contributed by atoms with E-state index in [9.17, 15) is 9.59 Å². The van der Waals surface area contributed by atoms with Crippen LogP contribution < -0.4 is 20.7 Å². The Bertz CT molecular complexity index is 1100. The summed E-state index contributed by atoms with van der Waals surface area (Å²) >= 11 is 0. The lowest BCUT2D eigenvalue weighted by Crippen LogP contribution is -2.41. The van der Waals surface area contributed by atoms with Gasteiger partial charge < -0.3 is 20.7 Å². The molecule has 0 radical (unpaired) electrons. The van der Waals surface area contributed by atoms with Crippen LogP contribution in [0, 0.1) is 5.92 Å². The van der Waals surface area contributed by atoms with Crippen LogP contribution in [0.25, 0.3) is 11.3 Å². The summed E-state index contributed by atoms with van der Waals surface area (Å²) in [5, 5.41) is 2.94. The highest BCUT2D eigenvalue weighted by atomic mass is 16.5. The monoisotopic (exact) mass is 431 g/mol. The Balaban J connectivity index is 1.44. The molecule has 1 aromatic heterocycles. The number of anilines is 2. The zero-order valence-corrected chi connectivity index (χ0v) is 17.8. The van der Waals surface area contributed by atoms with E-state index < -0.39 is 5.91 Å². The molecule has 32 heavy (non-hydrogen) atoms. The quantitative estimate of drug-likeness (QED) is 0.621. The van der Waals surface area contributed by atoms with Gasteiger partial charge in [-0.3, -0.25) is 9.59 Å². The summed E-state index contributed by atoms with van der Waals surface area (Å²) < 4.78 is 5.22. The van der Waals surface area contributed by atoms with Crippen molar-refractivity contribution in [3.8, 4) is 17.0 Å². The smallest absolute Gasteiger partial charge is 0.248 e. The minimum Gasteiger partial charge on any atom is -0.497 e. The number of carbonyl (C=O) groups is 2. The number of benzene rings is 2. The second kappa shape index (κ2) is 9.47. The Morgan fingerprint density at radius 1 is 1.09 bits per heavy atom. The zero-order valence-electron chi connectivity index (χ0n) is 17.8. The third-order valence-electron chi connectivity index (χ3n) is 5.59. The van der Waals surface area contributed by atoms with Crippen LogP contribution in [0.4, 0.5) is 11.5 Å². The van der Waals surface area contributed by atoms with Crippen LogP contribution in [0.3, 0.4) is 0 Å². The molecule has 4 rings (SSSR count). The second-order valence-electron chi connectivity index (χ2n) is 7.71. The van der Waals surface area contributed by atoms with Crippen molar-refractivity contribution in [1.82, 2.24) is 9.97 Å². The molecule has 3 N–H and O–H groups in total. The van der Waals surface area contributed by atoms with Gasteiger partial charge in [0.25, 0.3) is 0 Å². The molecule has 1 atom stereocenters. The maximum absolute atomic E-state index is 12.8. The molecule has 1 aliphatic heterocycles. The maximum Gasteiger partial charge on any atom is 0.248 e. The number of carbonyl (C=O) groups excluding carboxylic acids is 2. The van der Waals surface area contributed by atoms with Crippen molar-refractivity contribution in [2.45, 2.75) is 12.8 Å². The van der Waals surface area contributed by atoms with E-state index in [0.717, 1.165) is 42.2 Å². The fourth-order valence-electron chi connectivity index (χ4n) is 3.80. The zero-order chi connectivity index (χ0) is 22.5.